The Morgan fingerprint density at radius 1 is 1.31 bits per heavy atom. The molecule has 29 heavy (non-hydrogen) atoms. The average Bonchev–Trinajstić information content (AvgIpc) is 3.45. The summed E-state index contributed by atoms with van der Waals surface area (Å²) in [6, 6.07) is 7.72. The molecule has 1 fully saturated rings. The van der Waals surface area contributed by atoms with Crippen LogP contribution in [-0.2, 0) is 4.79 Å². The Morgan fingerprint density at radius 3 is 2.86 bits per heavy atom. The second kappa shape index (κ2) is 6.78. The number of amides is 1. The normalized spacial score (nSPS) is 17.6. The molecule has 2 aliphatic rings. The first-order chi connectivity index (χ1) is 14.0. The molecule has 1 amide bonds. The number of hydrogen-bond acceptors (Lipinski definition) is 6. The summed E-state index contributed by atoms with van der Waals surface area (Å²) in [5.41, 5.74) is 1.38. The molecule has 1 aliphatic carbocycles. The van der Waals surface area contributed by atoms with Crippen LogP contribution >= 0.6 is 11.6 Å². The predicted octanol–water partition coefficient (Wildman–Crippen LogP) is 2.97. The molecule has 1 unspecified atom stereocenters. The van der Waals surface area contributed by atoms with Crippen LogP contribution < -0.4 is 10.2 Å². The van der Waals surface area contributed by atoms with Crippen molar-refractivity contribution in [2.45, 2.75) is 25.0 Å². The molecule has 5 rings (SSSR count). The molecule has 4 heterocycles. The van der Waals surface area contributed by atoms with Gasteiger partial charge in [-0.25, -0.2) is 19.0 Å². The molecule has 1 atom stereocenters. The zero-order valence-electron chi connectivity index (χ0n) is 15.1. The Hall–Kier alpha value is -3.04. The maximum atomic E-state index is 13.0. The summed E-state index contributed by atoms with van der Waals surface area (Å²) in [6.45, 7) is -0.109. The van der Waals surface area contributed by atoms with Gasteiger partial charge in [0.05, 0.1) is 11.9 Å². The van der Waals surface area contributed by atoms with Crippen molar-refractivity contribution < 1.29 is 14.3 Å². The van der Waals surface area contributed by atoms with Crippen molar-refractivity contribution in [3.63, 3.8) is 0 Å². The highest BCUT2D eigenvalue weighted by molar-refractivity contribution is 6.29. The van der Waals surface area contributed by atoms with Crippen LogP contribution in [0.2, 0.25) is 5.15 Å². The Kier molecular flexibility index (Phi) is 4.21. The van der Waals surface area contributed by atoms with Crippen LogP contribution in [0, 0.1) is 5.82 Å². The lowest BCUT2D eigenvalue weighted by Crippen LogP contribution is -2.36. The van der Waals surface area contributed by atoms with Crippen LogP contribution in [0.1, 0.15) is 36.2 Å². The lowest BCUT2D eigenvalue weighted by molar-refractivity contribution is -0.114. The predicted molar refractivity (Wildman–Crippen MR) is 104 cm³/mol. The van der Waals surface area contributed by atoms with Gasteiger partial charge in [0.15, 0.2) is 6.23 Å². The van der Waals surface area contributed by atoms with Crippen LogP contribution in [0.15, 0.2) is 36.5 Å². The average molecular weight is 415 g/mol. The molecule has 0 aromatic carbocycles. The van der Waals surface area contributed by atoms with E-state index in [0.717, 1.165) is 24.7 Å². The van der Waals surface area contributed by atoms with Gasteiger partial charge in [0.1, 0.15) is 35.0 Å². The second-order valence-corrected chi connectivity index (χ2v) is 7.45. The van der Waals surface area contributed by atoms with Gasteiger partial charge in [0.2, 0.25) is 5.91 Å². The minimum absolute atomic E-state index is 0.109. The molecule has 10 heteroatoms. The number of aromatic nitrogens is 4. The van der Waals surface area contributed by atoms with Gasteiger partial charge in [-0.1, -0.05) is 11.6 Å². The molecule has 3 aromatic rings. The van der Waals surface area contributed by atoms with Crippen molar-refractivity contribution in [2.75, 3.05) is 16.8 Å². The fourth-order valence-electron chi connectivity index (χ4n) is 3.39. The van der Waals surface area contributed by atoms with Gasteiger partial charge in [0.25, 0.3) is 0 Å². The molecule has 148 valence electrons. The van der Waals surface area contributed by atoms with Gasteiger partial charge in [-0.15, -0.1) is 0 Å². The zero-order valence-corrected chi connectivity index (χ0v) is 15.8. The Balaban J connectivity index is 1.49. The van der Waals surface area contributed by atoms with Gasteiger partial charge in [0, 0.05) is 17.5 Å². The molecule has 0 bridgehead atoms. The number of hydrogen-bond donors (Lipinski definition) is 2. The molecular weight excluding hydrogens is 399 g/mol. The van der Waals surface area contributed by atoms with Gasteiger partial charge >= 0.3 is 0 Å². The summed E-state index contributed by atoms with van der Waals surface area (Å²) in [6.07, 6.45) is 2.12. The van der Waals surface area contributed by atoms with Crippen molar-refractivity contribution in [3.05, 3.63) is 58.8 Å². The van der Waals surface area contributed by atoms with Crippen molar-refractivity contribution in [3.8, 4) is 0 Å². The van der Waals surface area contributed by atoms with Crippen molar-refractivity contribution in [1.29, 1.82) is 0 Å². The van der Waals surface area contributed by atoms with Crippen LogP contribution in [-0.4, -0.2) is 37.3 Å². The maximum Gasteiger partial charge on any atom is 0.245 e. The van der Waals surface area contributed by atoms with Crippen LogP contribution in [0.4, 0.5) is 21.8 Å². The number of rotatable bonds is 4. The van der Waals surface area contributed by atoms with Gasteiger partial charge in [-0.05, 0) is 37.1 Å². The summed E-state index contributed by atoms with van der Waals surface area (Å²) in [4.78, 5) is 22.5. The van der Waals surface area contributed by atoms with E-state index in [1.165, 1.54) is 16.8 Å². The van der Waals surface area contributed by atoms with Crippen LogP contribution in [0.3, 0.4) is 0 Å². The van der Waals surface area contributed by atoms with E-state index in [1.54, 1.807) is 17.0 Å². The first-order valence-corrected chi connectivity index (χ1v) is 9.50. The smallest absolute Gasteiger partial charge is 0.245 e. The number of carbonyl (C=O) groups is 1. The van der Waals surface area contributed by atoms with Gasteiger partial charge < -0.3 is 15.3 Å². The number of nitrogens with zero attached hydrogens (tertiary/aromatic N) is 5. The fourth-order valence-corrected chi connectivity index (χ4v) is 3.53. The minimum atomic E-state index is -1.02. The third-order valence-corrected chi connectivity index (χ3v) is 5.15. The lowest BCUT2D eigenvalue weighted by Gasteiger charge is -2.32. The minimum Gasteiger partial charge on any atom is -0.368 e. The van der Waals surface area contributed by atoms with E-state index in [2.05, 4.69) is 20.4 Å². The standard InChI is InChI=1S/C19H16ClFN6O2/c20-14-5-4-12-18(23-14)26(9-16(28)24-15-6-3-11(21)8-22-15)17-7-13(10-1-2-10)25-27(17)19(12)29/h3-8,10,19,29H,1-2,9H2,(H,22,24,28). The van der Waals surface area contributed by atoms with E-state index in [-0.39, 0.29) is 23.4 Å². The van der Waals surface area contributed by atoms with E-state index >= 15 is 0 Å². The Labute approximate surface area is 170 Å². The van der Waals surface area contributed by atoms with Crippen LogP contribution in [0.25, 0.3) is 0 Å². The molecular formula is C19H16ClFN6O2. The summed E-state index contributed by atoms with van der Waals surface area (Å²) in [5, 5.41) is 18.2. The first kappa shape index (κ1) is 18.0. The third kappa shape index (κ3) is 3.32. The summed E-state index contributed by atoms with van der Waals surface area (Å²) >= 11 is 6.08. The largest absolute Gasteiger partial charge is 0.368 e. The van der Waals surface area contributed by atoms with E-state index in [0.29, 0.717) is 23.1 Å². The summed E-state index contributed by atoms with van der Waals surface area (Å²) < 4.78 is 14.5. The fraction of sp³-hybridized carbons (Fsp3) is 0.263. The number of halogens is 2. The van der Waals surface area contributed by atoms with Crippen molar-refractivity contribution >= 4 is 35.0 Å². The van der Waals surface area contributed by atoms with Crippen molar-refractivity contribution in [2.24, 2.45) is 0 Å². The van der Waals surface area contributed by atoms with Crippen LogP contribution in [0.5, 0.6) is 0 Å². The molecule has 0 spiro atoms. The highest BCUT2D eigenvalue weighted by atomic mass is 35.5. The zero-order chi connectivity index (χ0) is 20.1. The topological polar surface area (TPSA) is 96.2 Å². The highest BCUT2D eigenvalue weighted by Gasteiger charge is 2.36. The van der Waals surface area contributed by atoms with E-state index in [4.69, 9.17) is 11.6 Å². The number of anilines is 3. The van der Waals surface area contributed by atoms with E-state index in [9.17, 15) is 14.3 Å². The summed E-state index contributed by atoms with van der Waals surface area (Å²) in [7, 11) is 0. The number of nitrogens with one attached hydrogen (secondary N) is 1. The number of pyridine rings is 2. The summed E-state index contributed by atoms with van der Waals surface area (Å²) in [5.74, 6) is 0.691. The maximum absolute atomic E-state index is 13.0. The number of carbonyl (C=O) groups excluding carboxylic acids is 1. The van der Waals surface area contributed by atoms with Gasteiger partial charge in [-0.2, -0.15) is 5.10 Å². The molecule has 2 N–H and O–H groups in total. The second-order valence-electron chi connectivity index (χ2n) is 7.06. The Bertz CT molecular complexity index is 1100. The molecule has 3 aromatic heterocycles. The number of fused-ring (bicyclic) bond motifs is 2. The van der Waals surface area contributed by atoms with E-state index < -0.39 is 12.0 Å². The monoisotopic (exact) mass is 414 g/mol. The van der Waals surface area contributed by atoms with Crippen molar-refractivity contribution in [1.82, 2.24) is 19.7 Å². The molecule has 8 nitrogen and oxygen atoms in total. The lowest BCUT2D eigenvalue weighted by atomic mass is 10.1. The molecule has 1 aliphatic heterocycles. The molecule has 0 saturated heterocycles. The Morgan fingerprint density at radius 2 is 2.14 bits per heavy atom. The number of aliphatic hydroxyl groups excluding tert-OH is 1. The van der Waals surface area contributed by atoms with E-state index in [1.807, 2.05) is 6.07 Å². The third-order valence-electron chi connectivity index (χ3n) is 4.94. The number of aliphatic hydroxyl groups is 1. The molecule has 0 radical (unpaired) electrons. The SMILES string of the molecule is O=C(CN1c2nc(Cl)ccc2C(O)n2nc(C3CC3)cc21)Nc1ccc(F)cn1. The first-order valence-electron chi connectivity index (χ1n) is 9.12. The van der Waals surface area contributed by atoms with Gasteiger partial charge in [-0.3, -0.25) is 4.79 Å². The quantitative estimate of drug-likeness (QED) is 0.637. The molecule has 1 saturated carbocycles. The highest BCUT2D eigenvalue weighted by Crippen LogP contribution is 2.44.